The quantitative estimate of drug-likeness (QED) is 0.511. The van der Waals surface area contributed by atoms with E-state index >= 15 is 0 Å². The maximum Gasteiger partial charge on any atom is 0.321 e. The molecule has 0 spiro atoms. The van der Waals surface area contributed by atoms with Crippen LogP contribution < -0.4 is 5.32 Å². The first kappa shape index (κ1) is 12.2. The van der Waals surface area contributed by atoms with Crippen molar-refractivity contribution in [3.05, 3.63) is 27.9 Å². The largest absolute Gasteiger partial charge is 0.394 e. The number of carbonyl (C=O) groups excluding carboxylic acids is 1. The van der Waals surface area contributed by atoms with Crippen molar-refractivity contribution in [3.63, 3.8) is 0 Å². The predicted molar refractivity (Wildman–Crippen MR) is 56.1 cm³/mol. The minimum atomic E-state index is -0.767. The van der Waals surface area contributed by atoms with Gasteiger partial charge in [-0.05, 0) is 24.8 Å². The fourth-order valence-corrected chi connectivity index (χ4v) is 1.04. The molecule has 16 heavy (non-hydrogen) atoms. The Hall–Kier alpha value is -1.89. The van der Waals surface area contributed by atoms with Gasteiger partial charge in [0.15, 0.2) is 5.69 Å². The van der Waals surface area contributed by atoms with Crippen LogP contribution >= 0.6 is 0 Å². The van der Waals surface area contributed by atoms with Gasteiger partial charge in [0.2, 0.25) is 0 Å². The molecule has 7 nitrogen and oxygen atoms in total. The molecule has 0 aliphatic carbocycles. The lowest BCUT2D eigenvalue weighted by atomic mass is 10.1. The summed E-state index contributed by atoms with van der Waals surface area (Å²) in [4.78, 5) is 23.7. The minimum absolute atomic E-state index is 0.0909. The average molecular weight is 227 g/mol. The number of nitrogens with zero attached hydrogens (tertiary/aromatic N) is 1. The standard InChI is InChI=1S/C9H13N3O4/c1-9(2,5-13)11-8(14)6-3-4-7(10-6)12(15)16/h3-4,10,13H,5H2,1-2H3,(H,11,14). The lowest BCUT2D eigenvalue weighted by molar-refractivity contribution is -0.389. The Kier molecular flexibility index (Phi) is 3.28. The van der Waals surface area contributed by atoms with Gasteiger partial charge in [0.25, 0.3) is 5.91 Å². The average Bonchev–Trinajstić information content (AvgIpc) is 2.66. The molecule has 0 aliphatic rings. The highest BCUT2D eigenvalue weighted by molar-refractivity contribution is 5.93. The molecule has 0 saturated heterocycles. The molecule has 1 aromatic rings. The molecule has 7 heteroatoms. The van der Waals surface area contributed by atoms with Gasteiger partial charge in [-0.15, -0.1) is 0 Å². The lowest BCUT2D eigenvalue weighted by Crippen LogP contribution is -2.46. The van der Waals surface area contributed by atoms with Crippen LogP contribution in [0.4, 0.5) is 5.82 Å². The first-order chi connectivity index (χ1) is 7.35. The number of aromatic nitrogens is 1. The molecular formula is C9H13N3O4. The van der Waals surface area contributed by atoms with Crippen molar-refractivity contribution in [2.75, 3.05) is 6.61 Å². The molecule has 0 aromatic carbocycles. The third-order valence-corrected chi connectivity index (χ3v) is 1.96. The zero-order valence-electron chi connectivity index (χ0n) is 8.98. The van der Waals surface area contributed by atoms with Gasteiger partial charge >= 0.3 is 5.82 Å². The molecule has 1 rings (SSSR count). The molecule has 0 fully saturated rings. The topological polar surface area (TPSA) is 108 Å². The number of aromatic amines is 1. The zero-order chi connectivity index (χ0) is 12.3. The summed E-state index contributed by atoms with van der Waals surface area (Å²) < 4.78 is 0. The molecule has 0 bridgehead atoms. The van der Waals surface area contributed by atoms with E-state index in [0.717, 1.165) is 0 Å². The molecule has 0 radical (unpaired) electrons. The Morgan fingerprint density at radius 1 is 1.62 bits per heavy atom. The molecule has 1 aromatic heterocycles. The molecular weight excluding hydrogens is 214 g/mol. The molecule has 1 amide bonds. The van der Waals surface area contributed by atoms with Crippen molar-refractivity contribution in [1.29, 1.82) is 0 Å². The van der Waals surface area contributed by atoms with E-state index in [9.17, 15) is 14.9 Å². The van der Waals surface area contributed by atoms with Crippen molar-refractivity contribution >= 4 is 11.7 Å². The minimum Gasteiger partial charge on any atom is -0.394 e. The summed E-state index contributed by atoms with van der Waals surface area (Å²) in [6.07, 6.45) is 0. The smallest absolute Gasteiger partial charge is 0.321 e. The van der Waals surface area contributed by atoms with Crippen molar-refractivity contribution < 1.29 is 14.8 Å². The van der Waals surface area contributed by atoms with E-state index < -0.39 is 16.4 Å². The van der Waals surface area contributed by atoms with E-state index in [1.807, 2.05) is 0 Å². The van der Waals surface area contributed by atoms with Crippen LogP contribution in [0.1, 0.15) is 24.3 Å². The Morgan fingerprint density at radius 2 is 2.25 bits per heavy atom. The third kappa shape index (κ3) is 2.80. The number of nitro groups is 1. The van der Waals surface area contributed by atoms with Gasteiger partial charge in [-0.3, -0.25) is 4.79 Å². The van der Waals surface area contributed by atoms with Gasteiger partial charge in [-0.2, -0.15) is 0 Å². The van der Waals surface area contributed by atoms with Crippen molar-refractivity contribution in [1.82, 2.24) is 10.3 Å². The maximum absolute atomic E-state index is 11.6. The van der Waals surface area contributed by atoms with Gasteiger partial charge in [0, 0.05) is 6.07 Å². The van der Waals surface area contributed by atoms with Crippen LogP contribution in [-0.2, 0) is 0 Å². The molecule has 0 atom stereocenters. The van der Waals surface area contributed by atoms with Crippen LogP contribution in [0.15, 0.2) is 12.1 Å². The maximum atomic E-state index is 11.6. The van der Waals surface area contributed by atoms with Crippen LogP contribution in [0.2, 0.25) is 0 Å². The second-order valence-electron chi connectivity index (χ2n) is 4.01. The number of amides is 1. The first-order valence-corrected chi connectivity index (χ1v) is 4.62. The SMILES string of the molecule is CC(C)(CO)NC(=O)c1ccc([N+](=O)[O-])[nH]1. The summed E-state index contributed by atoms with van der Waals surface area (Å²) in [6.45, 7) is 3.06. The van der Waals surface area contributed by atoms with Crippen LogP contribution in [0.5, 0.6) is 0 Å². The second kappa shape index (κ2) is 4.31. The van der Waals surface area contributed by atoms with Crippen molar-refractivity contribution in [2.24, 2.45) is 0 Å². The van der Waals surface area contributed by atoms with Crippen molar-refractivity contribution in [3.8, 4) is 0 Å². The number of H-pyrrole nitrogens is 1. The summed E-state index contributed by atoms with van der Waals surface area (Å²) in [5.74, 6) is -0.737. The van der Waals surface area contributed by atoms with Gasteiger partial charge in [-0.1, -0.05) is 0 Å². The number of aliphatic hydroxyl groups is 1. The van der Waals surface area contributed by atoms with Crippen molar-refractivity contribution in [2.45, 2.75) is 19.4 Å². The van der Waals surface area contributed by atoms with E-state index in [-0.39, 0.29) is 18.1 Å². The zero-order valence-corrected chi connectivity index (χ0v) is 8.98. The fraction of sp³-hybridized carbons (Fsp3) is 0.444. The predicted octanol–water partition coefficient (Wildman–Crippen LogP) is 0.424. The van der Waals surface area contributed by atoms with Gasteiger partial charge in [-0.25, -0.2) is 4.98 Å². The summed E-state index contributed by atoms with van der Waals surface area (Å²) in [5, 5.41) is 21.9. The number of carbonyl (C=O) groups is 1. The number of aliphatic hydroxyl groups excluding tert-OH is 1. The number of hydrogen-bond donors (Lipinski definition) is 3. The first-order valence-electron chi connectivity index (χ1n) is 4.62. The number of rotatable bonds is 4. The summed E-state index contributed by atoms with van der Waals surface area (Å²) >= 11 is 0. The highest BCUT2D eigenvalue weighted by Gasteiger charge is 2.23. The highest BCUT2D eigenvalue weighted by atomic mass is 16.6. The third-order valence-electron chi connectivity index (χ3n) is 1.96. The van der Waals surface area contributed by atoms with E-state index in [4.69, 9.17) is 5.11 Å². The monoisotopic (exact) mass is 227 g/mol. The number of nitrogens with one attached hydrogen (secondary N) is 2. The van der Waals surface area contributed by atoms with E-state index in [0.29, 0.717) is 0 Å². The Labute approximate surface area is 91.6 Å². The molecule has 0 saturated carbocycles. The van der Waals surface area contributed by atoms with E-state index in [1.54, 1.807) is 13.8 Å². The Balaban J connectivity index is 2.77. The molecule has 1 heterocycles. The summed E-state index contributed by atoms with van der Waals surface area (Å²) in [7, 11) is 0. The summed E-state index contributed by atoms with van der Waals surface area (Å²) in [6, 6.07) is 2.53. The van der Waals surface area contributed by atoms with E-state index in [1.165, 1.54) is 12.1 Å². The molecule has 3 N–H and O–H groups in total. The molecule has 0 unspecified atom stereocenters. The van der Waals surface area contributed by atoms with Crippen LogP contribution in [0.3, 0.4) is 0 Å². The van der Waals surface area contributed by atoms with Crippen LogP contribution in [0.25, 0.3) is 0 Å². The molecule has 88 valence electrons. The Bertz CT molecular complexity index is 411. The lowest BCUT2D eigenvalue weighted by Gasteiger charge is -2.22. The van der Waals surface area contributed by atoms with Crippen LogP contribution in [-0.4, -0.2) is 33.1 Å². The molecule has 0 aliphatic heterocycles. The second-order valence-corrected chi connectivity index (χ2v) is 4.01. The highest BCUT2D eigenvalue weighted by Crippen LogP contribution is 2.11. The normalized spacial score (nSPS) is 11.2. The number of hydrogen-bond acceptors (Lipinski definition) is 4. The van der Waals surface area contributed by atoms with Gasteiger partial charge < -0.3 is 20.5 Å². The van der Waals surface area contributed by atoms with E-state index in [2.05, 4.69) is 10.3 Å². The van der Waals surface area contributed by atoms with Crippen LogP contribution in [0, 0.1) is 10.1 Å². The summed E-state index contributed by atoms with van der Waals surface area (Å²) in [5.41, 5.74) is -0.676. The van der Waals surface area contributed by atoms with Gasteiger partial charge in [0.1, 0.15) is 0 Å². The fourth-order valence-electron chi connectivity index (χ4n) is 1.04. The Morgan fingerprint density at radius 3 is 2.69 bits per heavy atom. The van der Waals surface area contributed by atoms with Gasteiger partial charge in [0.05, 0.1) is 12.1 Å².